The van der Waals surface area contributed by atoms with E-state index in [9.17, 15) is 0 Å². The highest BCUT2D eigenvalue weighted by molar-refractivity contribution is 7.68. The van der Waals surface area contributed by atoms with Crippen LogP contribution in [0.3, 0.4) is 0 Å². The van der Waals surface area contributed by atoms with E-state index in [2.05, 4.69) is 24.3 Å². The SMILES string of the molecule is Cc1cc(Cl)ccc1OP(c1ccccc1)c1ccccc1. The maximum Gasteiger partial charge on any atom is 0.150 e. The van der Waals surface area contributed by atoms with Gasteiger partial charge in [0.2, 0.25) is 0 Å². The van der Waals surface area contributed by atoms with Crippen LogP contribution < -0.4 is 15.1 Å². The predicted molar refractivity (Wildman–Crippen MR) is 95.9 cm³/mol. The standard InChI is InChI=1S/C19H16ClOP/c1-15-14-16(20)12-13-19(15)21-22(17-8-4-2-5-9-17)18-10-6-3-7-11-18/h2-14H,1H3. The molecular weight excluding hydrogens is 311 g/mol. The molecule has 3 aromatic carbocycles. The monoisotopic (exact) mass is 326 g/mol. The minimum atomic E-state index is -0.896. The Morgan fingerprint density at radius 3 is 1.82 bits per heavy atom. The second-order valence-electron chi connectivity index (χ2n) is 4.97. The van der Waals surface area contributed by atoms with Gasteiger partial charge in [-0.15, -0.1) is 0 Å². The van der Waals surface area contributed by atoms with Gasteiger partial charge in [-0.1, -0.05) is 72.3 Å². The van der Waals surface area contributed by atoms with Gasteiger partial charge >= 0.3 is 0 Å². The van der Waals surface area contributed by atoms with E-state index >= 15 is 0 Å². The lowest BCUT2D eigenvalue weighted by molar-refractivity contribution is 0.624. The number of aryl methyl sites for hydroxylation is 1. The van der Waals surface area contributed by atoms with Crippen molar-refractivity contribution in [2.24, 2.45) is 0 Å². The summed E-state index contributed by atoms with van der Waals surface area (Å²) in [6.45, 7) is 2.02. The first kappa shape index (κ1) is 15.1. The smallest absolute Gasteiger partial charge is 0.150 e. The Balaban J connectivity index is 1.99. The van der Waals surface area contributed by atoms with Gasteiger partial charge in [-0.05, 0) is 30.7 Å². The molecule has 22 heavy (non-hydrogen) atoms. The zero-order valence-electron chi connectivity index (χ0n) is 12.2. The van der Waals surface area contributed by atoms with Gasteiger partial charge in [0.1, 0.15) is 5.75 Å². The van der Waals surface area contributed by atoms with E-state index in [1.165, 1.54) is 10.6 Å². The summed E-state index contributed by atoms with van der Waals surface area (Å²) in [5, 5.41) is 3.12. The molecular formula is C19H16ClOP. The van der Waals surface area contributed by atoms with Crippen molar-refractivity contribution in [3.05, 3.63) is 89.4 Å². The molecule has 0 saturated heterocycles. The van der Waals surface area contributed by atoms with Gasteiger partial charge in [0.15, 0.2) is 8.15 Å². The second-order valence-corrected chi connectivity index (χ2v) is 7.21. The first-order valence-electron chi connectivity index (χ1n) is 7.08. The summed E-state index contributed by atoms with van der Waals surface area (Å²) in [7, 11) is -0.896. The summed E-state index contributed by atoms with van der Waals surface area (Å²) < 4.78 is 6.38. The van der Waals surface area contributed by atoms with E-state index in [0.717, 1.165) is 16.3 Å². The third kappa shape index (κ3) is 3.50. The Kier molecular flexibility index (Phi) is 4.77. The van der Waals surface area contributed by atoms with Gasteiger partial charge in [-0.25, -0.2) is 0 Å². The number of rotatable bonds is 4. The van der Waals surface area contributed by atoms with Crippen LogP contribution in [-0.2, 0) is 0 Å². The number of benzene rings is 3. The molecule has 0 amide bonds. The van der Waals surface area contributed by atoms with Gasteiger partial charge in [0.25, 0.3) is 0 Å². The van der Waals surface area contributed by atoms with Crippen molar-refractivity contribution in [3.8, 4) is 5.75 Å². The van der Waals surface area contributed by atoms with Crippen LogP contribution in [0.25, 0.3) is 0 Å². The first-order chi connectivity index (χ1) is 10.7. The van der Waals surface area contributed by atoms with Gasteiger partial charge in [0.05, 0.1) is 0 Å². The van der Waals surface area contributed by atoms with E-state index in [-0.39, 0.29) is 0 Å². The molecule has 0 saturated carbocycles. The maximum atomic E-state index is 6.38. The van der Waals surface area contributed by atoms with Crippen LogP contribution in [0.5, 0.6) is 5.75 Å². The molecule has 0 radical (unpaired) electrons. The average molecular weight is 327 g/mol. The summed E-state index contributed by atoms with van der Waals surface area (Å²) in [6, 6.07) is 26.4. The minimum Gasteiger partial charge on any atom is -0.464 e. The second kappa shape index (κ2) is 6.96. The third-order valence-electron chi connectivity index (χ3n) is 3.31. The summed E-state index contributed by atoms with van der Waals surface area (Å²) in [6.07, 6.45) is 0. The molecule has 0 aliphatic heterocycles. The Morgan fingerprint density at radius 2 is 1.32 bits per heavy atom. The summed E-state index contributed by atoms with van der Waals surface area (Å²) in [5.41, 5.74) is 1.05. The molecule has 0 aliphatic rings. The van der Waals surface area contributed by atoms with E-state index < -0.39 is 8.15 Å². The summed E-state index contributed by atoms with van der Waals surface area (Å²) >= 11 is 6.04. The maximum absolute atomic E-state index is 6.38. The lowest BCUT2D eigenvalue weighted by atomic mass is 10.2. The fourth-order valence-corrected chi connectivity index (χ4v) is 4.22. The zero-order valence-corrected chi connectivity index (χ0v) is 13.9. The Labute approximate surface area is 137 Å². The van der Waals surface area contributed by atoms with Crippen molar-refractivity contribution in [2.45, 2.75) is 6.92 Å². The van der Waals surface area contributed by atoms with Crippen molar-refractivity contribution < 1.29 is 4.52 Å². The van der Waals surface area contributed by atoms with Crippen LogP contribution in [0.15, 0.2) is 78.9 Å². The normalized spacial score (nSPS) is 10.7. The lowest BCUT2D eigenvalue weighted by Crippen LogP contribution is -2.15. The molecule has 0 fully saturated rings. The fourth-order valence-electron chi connectivity index (χ4n) is 2.19. The molecule has 0 aromatic heterocycles. The molecule has 0 spiro atoms. The highest BCUT2D eigenvalue weighted by Crippen LogP contribution is 2.38. The highest BCUT2D eigenvalue weighted by Gasteiger charge is 2.17. The number of halogens is 1. The molecule has 3 heteroatoms. The van der Waals surface area contributed by atoms with E-state index in [1.54, 1.807) is 0 Å². The van der Waals surface area contributed by atoms with E-state index in [4.69, 9.17) is 16.1 Å². The lowest BCUT2D eigenvalue weighted by Gasteiger charge is -2.20. The van der Waals surface area contributed by atoms with Crippen LogP contribution in [0.1, 0.15) is 5.56 Å². The number of hydrogen-bond donors (Lipinski definition) is 0. The first-order valence-corrected chi connectivity index (χ1v) is 8.72. The summed E-state index contributed by atoms with van der Waals surface area (Å²) in [5.74, 6) is 0.878. The van der Waals surface area contributed by atoms with Gasteiger partial charge in [0, 0.05) is 15.6 Å². The van der Waals surface area contributed by atoms with E-state index in [1.807, 2.05) is 61.5 Å². The minimum absolute atomic E-state index is 0.730. The van der Waals surface area contributed by atoms with Crippen LogP contribution >= 0.6 is 19.7 Å². The summed E-state index contributed by atoms with van der Waals surface area (Å²) in [4.78, 5) is 0. The molecule has 1 nitrogen and oxygen atoms in total. The van der Waals surface area contributed by atoms with Gasteiger partial charge in [-0.2, -0.15) is 0 Å². The molecule has 0 unspecified atom stereocenters. The predicted octanol–water partition coefficient (Wildman–Crippen LogP) is 5.08. The molecule has 110 valence electrons. The molecule has 0 heterocycles. The molecule has 3 aromatic rings. The van der Waals surface area contributed by atoms with Gasteiger partial charge in [-0.3, -0.25) is 0 Å². The largest absolute Gasteiger partial charge is 0.464 e. The van der Waals surface area contributed by atoms with Crippen molar-refractivity contribution in [3.63, 3.8) is 0 Å². The topological polar surface area (TPSA) is 9.23 Å². The Hall–Kier alpha value is -1.82. The van der Waals surface area contributed by atoms with Crippen LogP contribution in [0, 0.1) is 6.92 Å². The molecule has 3 rings (SSSR count). The van der Waals surface area contributed by atoms with Crippen molar-refractivity contribution in [2.75, 3.05) is 0 Å². The zero-order chi connectivity index (χ0) is 15.4. The molecule has 0 N–H and O–H groups in total. The van der Waals surface area contributed by atoms with Crippen molar-refractivity contribution >= 4 is 30.4 Å². The van der Waals surface area contributed by atoms with Crippen molar-refractivity contribution in [1.29, 1.82) is 0 Å². The average Bonchev–Trinajstić information content (AvgIpc) is 2.56. The molecule has 0 aliphatic carbocycles. The Morgan fingerprint density at radius 1 is 0.773 bits per heavy atom. The van der Waals surface area contributed by atoms with Crippen LogP contribution in [0.2, 0.25) is 5.02 Å². The quantitative estimate of drug-likeness (QED) is 0.608. The van der Waals surface area contributed by atoms with Crippen LogP contribution in [-0.4, -0.2) is 0 Å². The molecule has 0 atom stereocenters. The Bertz CT molecular complexity index is 704. The third-order valence-corrected chi connectivity index (χ3v) is 5.46. The fraction of sp³-hybridized carbons (Fsp3) is 0.0526. The van der Waals surface area contributed by atoms with Crippen LogP contribution in [0.4, 0.5) is 0 Å². The van der Waals surface area contributed by atoms with E-state index in [0.29, 0.717) is 0 Å². The molecule has 0 bridgehead atoms. The number of hydrogen-bond acceptors (Lipinski definition) is 1. The highest BCUT2D eigenvalue weighted by atomic mass is 35.5. The van der Waals surface area contributed by atoms with Gasteiger partial charge < -0.3 is 4.52 Å². The van der Waals surface area contributed by atoms with Crippen molar-refractivity contribution in [1.82, 2.24) is 0 Å².